The molecule has 0 radical (unpaired) electrons. The Balaban J connectivity index is 0.857. The highest BCUT2D eigenvalue weighted by Crippen LogP contribution is 2.29. The molecule has 6 rings (SSSR count). The van der Waals surface area contributed by atoms with Gasteiger partial charge < -0.3 is 67.3 Å². The summed E-state index contributed by atoms with van der Waals surface area (Å²) in [6.07, 6.45) is 3.27. The molecule has 1 aliphatic heterocycles. The fourth-order valence-corrected chi connectivity index (χ4v) is 9.72. The van der Waals surface area contributed by atoms with E-state index in [-0.39, 0.29) is 94.1 Å². The van der Waals surface area contributed by atoms with Crippen molar-refractivity contribution in [2.45, 2.75) is 123 Å². The summed E-state index contributed by atoms with van der Waals surface area (Å²) in [6.45, 7) is 9.53. The number of likely N-dealkylation sites (tertiary alicyclic amines) is 1. The number of nitrogens with zero attached hydrogens (tertiary/aromatic N) is 7. The number of aliphatic hydroxyl groups is 1. The summed E-state index contributed by atoms with van der Waals surface area (Å²) >= 11 is 1.56. The number of hydrogen-bond acceptors (Lipinski definition) is 19. The summed E-state index contributed by atoms with van der Waals surface area (Å²) in [7, 11) is 0. The SMILES string of the molecule is Cc1ncsc1-c1ccc(CNC(=O)[C@@H]2C[C@@H](O)CN2C(=O)C(NC(=O)CCOCCOCCC(=O)NCCCCCCN(Cc2cnc3nc(N)nc(N)c3n2)c2ccc(C(=O)N[C@H](CCC(=O)O)C(=O)O)cc2)C(C)(C)C)cc1. The first kappa shape index (κ1) is 62.3. The van der Waals surface area contributed by atoms with E-state index in [1.54, 1.807) is 47.3 Å². The van der Waals surface area contributed by atoms with Crippen molar-refractivity contribution in [3.05, 3.63) is 82.8 Å². The Hall–Kier alpha value is -7.94. The second-order valence-corrected chi connectivity index (χ2v) is 21.6. The van der Waals surface area contributed by atoms with Crippen LogP contribution in [-0.4, -0.2) is 157 Å². The van der Waals surface area contributed by atoms with Crippen molar-refractivity contribution >= 4 is 81.4 Å². The van der Waals surface area contributed by atoms with Gasteiger partial charge in [0.15, 0.2) is 17.0 Å². The number of nitrogens with one attached hydrogen (secondary N) is 4. The van der Waals surface area contributed by atoms with E-state index < -0.39 is 71.6 Å². The van der Waals surface area contributed by atoms with Crippen LogP contribution in [0, 0.1) is 12.3 Å². The van der Waals surface area contributed by atoms with E-state index in [1.165, 1.54) is 4.90 Å². The van der Waals surface area contributed by atoms with E-state index in [9.17, 15) is 43.8 Å². The first-order valence-corrected chi connectivity index (χ1v) is 27.7. The molecule has 0 spiro atoms. The number of carbonyl (C=O) groups is 7. The molecule has 4 atom stereocenters. The number of aromatic nitrogens is 5. The average molecular weight is 1140 g/mol. The summed E-state index contributed by atoms with van der Waals surface area (Å²) in [5, 5.41) is 40.1. The highest BCUT2D eigenvalue weighted by molar-refractivity contribution is 7.13. The van der Waals surface area contributed by atoms with Crippen LogP contribution in [0.5, 0.6) is 0 Å². The zero-order chi connectivity index (χ0) is 58.6. The van der Waals surface area contributed by atoms with Gasteiger partial charge in [0.2, 0.25) is 29.6 Å². The van der Waals surface area contributed by atoms with Crippen molar-refractivity contribution in [3.8, 4) is 10.4 Å². The molecule has 0 saturated carbocycles. The second-order valence-electron chi connectivity index (χ2n) is 20.7. The minimum atomic E-state index is -1.37. The van der Waals surface area contributed by atoms with Gasteiger partial charge in [-0.2, -0.15) is 9.97 Å². The predicted molar refractivity (Wildman–Crippen MR) is 301 cm³/mol. The van der Waals surface area contributed by atoms with Gasteiger partial charge in [-0.3, -0.25) is 28.8 Å². The number of carboxylic acid groups (broad SMARTS) is 2. The number of anilines is 3. The van der Waals surface area contributed by atoms with Crippen molar-refractivity contribution in [3.63, 3.8) is 0 Å². The molecule has 4 heterocycles. The molecule has 11 N–H and O–H groups in total. The molecule has 81 heavy (non-hydrogen) atoms. The van der Waals surface area contributed by atoms with Gasteiger partial charge in [0.05, 0.1) is 67.0 Å². The van der Waals surface area contributed by atoms with Gasteiger partial charge in [-0.25, -0.2) is 19.7 Å². The van der Waals surface area contributed by atoms with Crippen molar-refractivity contribution in [2.24, 2.45) is 5.41 Å². The largest absolute Gasteiger partial charge is 0.481 e. The smallest absolute Gasteiger partial charge is 0.326 e. The van der Waals surface area contributed by atoms with Crippen LogP contribution in [0.2, 0.25) is 0 Å². The van der Waals surface area contributed by atoms with E-state index in [2.05, 4.69) is 46.2 Å². The number of rotatable bonds is 31. The molecule has 0 aliphatic carbocycles. The molecule has 1 aliphatic rings. The number of carboxylic acids is 2. The fourth-order valence-electron chi connectivity index (χ4n) is 8.91. The van der Waals surface area contributed by atoms with Crippen molar-refractivity contribution in [1.82, 2.24) is 51.1 Å². The van der Waals surface area contributed by atoms with Crippen LogP contribution in [0.25, 0.3) is 21.6 Å². The highest BCUT2D eigenvalue weighted by Gasteiger charge is 2.44. The molecule has 26 heteroatoms. The van der Waals surface area contributed by atoms with Crippen LogP contribution < -0.4 is 37.6 Å². The monoisotopic (exact) mass is 1140 g/mol. The number of aliphatic carboxylic acids is 2. The summed E-state index contributed by atoms with van der Waals surface area (Å²) in [4.78, 5) is 115. The van der Waals surface area contributed by atoms with E-state index in [4.69, 9.17) is 26.0 Å². The number of benzene rings is 2. The summed E-state index contributed by atoms with van der Waals surface area (Å²) in [5.74, 6) is -4.56. The minimum Gasteiger partial charge on any atom is -0.481 e. The number of hydrogen-bond donors (Lipinski definition) is 9. The Morgan fingerprint density at radius 1 is 0.827 bits per heavy atom. The number of ether oxygens (including phenoxy) is 2. The number of β-amino-alcohol motifs (C(OH)–C–C–N with tert-alkyl or cyclic N) is 1. The van der Waals surface area contributed by atoms with Crippen LogP contribution in [0.3, 0.4) is 0 Å². The predicted octanol–water partition coefficient (Wildman–Crippen LogP) is 3.37. The molecule has 1 saturated heterocycles. The highest BCUT2D eigenvalue weighted by atomic mass is 32.1. The number of aryl methyl sites for hydroxylation is 1. The maximum Gasteiger partial charge on any atom is 0.326 e. The number of unbranched alkanes of at least 4 members (excludes halogenated alkanes) is 3. The number of carbonyl (C=O) groups excluding carboxylic acids is 5. The maximum absolute atomic E-state index is 14.0. The molecule has 1 unspecified atom stereocenters. The molecule has 5 aromatic rings. The van der Waals surface area contributed by atoms with Gasteiger partial charge in [-0.15, -0.1) is 11.3 Å². The standard InChI is InChI=1S/C55H73N13O12S/c1-33-46(81-32-61-33)35-11-9-34(10-12-35)28-60-51(75)41-27-39(69)31-68(41)52(76)47(55(2,3)4)64-43(71)20-24-80-26-25-79-23-19-42(70)58-21-7-5-6-8-22-67(30-37-29-59-49-45(62-37)48(56)65-54(57)66-49)38-15-13-36(14-16-38)50(74)63-40(53(77)78)17-18-44(72)73/h9-16,29,32,39-41,47,69H,5-8,17-28,30-31H2,1-4H3,(H,58,70)(H,60,75)(H,63,74)(H,64,71)(H,72,73)(H,77,78)(H4,56,57,59,65,66)/t39-,40-,41+,47?/m1/s1. The number of fused-ring (bicyclic) bond motifs is 1. The Morgan fingerprint density at radius 3 is 2.17 bits per heavy atom. The fraction of sp³-hybridized carbons (Fsp3) is 0.491. The zero-order valence-electron chi connectivity index (χ0n) is 46.0. The van der Waals surface area contributed by atoms with Crippen molar-refractivity contribution < 1.29 is 58.4 Å². The van der Waals surface area contributed by atoms with E-state index in [0.717, 1.165) is 53.1 Å². The third-order valence-corrected chi connectivity index (χ3v) is 14.3. The maximum atomic E-state index is 14.0. The molecule has 2 aromatic carbocycles. The van der Waals surface area contributed by atoms with Gasteiger partial charge >= 0.3 is 11.9 Å². The number of aliphatic hydroxyl groups excluding tert-OH is 1. The Kier molecular flexibility index (Phi) is 23.1. The minimum absolute atomic E-state index is 0.0301. The second kappa shape index (κ2) is 30.0. The average Bonchev–Trinajstić information content (AvgIpc) is 4.08. The van der Waals surface area contributed by atoms with Crippen LogP contribution in [0.15, 0.2) is 60.2 Å². The Bertz CT molecular complexity index is 2960. The third-order valence-electron chi connectivity index (χ3n) is 13.3. The topological polar surface area (TPSA) is 370 Å². The lowest BCUT2D eigenvalue weighted by molar-refractivity contribution is -0.144. The third kappa shape index (κ3) is 19.1. The van der Waals surface area contributed by atoms with E-state index in [1.807, 2.05) is 56.9 Å². The molecule has 5 amide bonds. The molecule has 3 aromatic heterocycles. The quantitative estimate of drug-likeness (QED) is 0.0287. The number of nitrogen functional groups attached to an aromatic ring is 2. The van der Waals surface area contributed by atoms with Gasteiger partial charge in [0.25, 0.3) is 5.91 Å². The molecule has 0 bridgehead atoms. The van der Waals surface area contributed by atoms with Gasteiger partial charge in [-0.05, 0) is 67.0 Å². The lowest BCUT2D eigenvalue weighted by Gasteiger charge is -2.35. The first-order chi connectivity index (χ1) is 38.7. The molecule has 1 fully saturated rings. The van der Waals surface area contributed by atoms with Gasteiger partial charge in [0, 0.05) is 63.1 Å². The van der Waals surface area contributed by atoms with E-state index in [0.29, 0.717) is 30.8 Å². The van der Waals surface area contributed by atoms with Gasteiger partial charge in [-0.1, -0.05) is 57.9 Å². The molecule has 25 nitrogen and oxygen atoms in total. The van der Waals surface area contributed by atoms with Crippen LogP contribution in [0.4, 0.5) is 17.5 Å². The van der Waals surface area contributed by atoms with E-state index >= 15 is 0 Å². The summed E-state index contributed by atoms with van der Waals surface area (Å²) in [6, 6.07) is 11.1. The number of amides is 5. The van der Waals surface area contributed by atoms with Crippen molar-refractivity contribution in [1.29, 1.82) is 0 Å². The Labute approximate surface area is 473 Å². The Morgan fingerprint density at radius 2 is 1.52 bits per heavy atom. The van der Waals surface area contributed by atoms with Crippen LogP contribution in [-0.2, 0) is 51.3 Å². The molecule has 436 valence electrons. The van der Waals surface area contributed by atoms with Gasteiger partial charge in [0.1, 0.15) is 18.1 Å². The van der Waals surface area contributed by atoms with Crippen LogP contribution in [0.1, 0.15) is 106 Å². The first-order valence-electron chi connectivity index (χ1n) is 26.8. The number of nitrogens with two attached hydrogens (primary N) is 2. The van der Waals surface area contributed by atoms with Crippen LogP contribution >= 0.6 is 11.3 Å². The summed E-state index contributed by atoms with van der Waals surface area (Å²) in [5.41, 5.74) is 17.7. The normalized spacial score (nSPS) is 15.0. The lowest BCUT2D eigenvalue weighted by atomic mass is 9.85. The lowest BCUT2D eigenvalue weighted by Crippen LogP contribution is -2.57. The summed E-state index contributed by atoms with van der Waals surface area (Å²) < 4.78 is 11.2. The molecular weight excluding hydrogens is 1070 g/mol. The molecular formula is C55H73N13O12S. The van der Waals surface area contributed by atoms with Crippen molar-refractivity contribution in [2.75, 3.05) is 62.4 Å². The zero-order valence-corrected chi connectivity index (χ0v) is 46.8. The number of thiazole rings is 1.